The van der Waals surface area contributed by atoms with E-state index >= 15 is 0 Å². The van der Waals surface area contributed by atoms with Crippen LogP contribution in [0.15, 0.2) is 42.6 Å². The Balaban J connectivity index is 1.82. The monoisotopic (exact) mass is 343 g/mol. The van der Waals surface area contributed by atoms with Gasteiger partial charge in [-0.3, -0.25) is 0 Å². The van der Waals surface area contributed by atoms with E-state index in [1.165, 1.54) is 0 Å². The van der Waals surface area contributed by atoms with Crippen molar-refractivity contribution < 1.29 is 14.3 Å². The number of hydrogen-bond donors (Lipinski definition) is 2. The van der Waals surface area contributed by atoms with Crippen LogP contribution in [-0.2, 0) is 6.54 Å². The first kappa shape index (κ1) is 18.6. The van der Waals surface area contributed by atoms with Crippen molar-refractivity contribution in [2.75, 3.05) is 7.11 Å². The summed E-state index contributed by atoms with van der Waals surface area (Å²) in [7, 11) is 1.57. The van der Waals surface area contributed by atoms with Crippen molar-refractivity contribution in [1.82, 2.24) is 15.6 Å². The van der Waals surface area contributed by atoms with E-state index in [1.807, 2.05) is 51.1 Å². The molecule has 25 heavy (non-hydrogen) atoms. The number of ether oxygens (including phenoxy) is 2. The molecule has 0 saturated carbocycles. The number of urea groups is 1. The highest BCUT2D eigenvalue weighted by atomic mass is 16.5. The molecule has 0 aliphatic rings. The minimum absolute atomic E-state index is 0.109. The summed E-state index contributed by atoms with van der Waals surface area (Å²) >= 11 is 0. The Bertz CT molecular complexity index is 669. The molecule has 1 unspecified atom stereocenters. The highest BCUT2D eigenvalue weighted by Gasteiger charge is 2.10. The molecule has 6 heteroatoms. The number of aromatic nitrogens is 1. The first-order valence-corrected chi connectivity index (χ1v) is 8.28. The number of benzene rings is 1. The number of hydrogen-bond acceptors (Lipinski definition) is 4. The van der Waals surface area contributed by atoms with Gasteiger partial charge in [-0.15, -0.1) is 0 Å². The molecule has 1 atom stereocenters. The standard InChI is InChI=1S/C19H25N3O3/c1-13(2)25-17-8-6-16(7-9-17)14(3)22-19(23)21-12-15-5-10-18(24-4)20-11-15/h5-11,13-14H,12H2,1-4H3,(H2,21,22,23). The van der Waals surface area contributed by atoms with Gasteiger partial charge in [0.2, 0.25) is 5.88 Å². The summed E-state index contributed by atoms with van der Waals surface area (Å²) in [6.07, 6.45) is 1.82. The van der Waals surface area contributed by atoms with Gasteiger partial charge < -0.3 is 20.1 Å². The molecule has 2 amide bonds. The van der Waals surface area contributed by atoms with Crippen molar-refractivity contribution in [3.8, 4) is 11.6 Å². The van der Waals surface area contributed by atoms with Crippen LogP contribution in [0.25, 0.3) is 0 Å². The Morgan fingerprint density at radius 3 is 2.40 bits per heavy atom. The lowest BCUT2D eigenvalue weighted by molar-refractivity contribution is 0.237. The molecule has 0 radical (unpaired) electrons. The molecule has 6 nitrogen and oxygen atoms in total. The third-order valence-electron chi connectivity index (χ3n) is 3.56. The minimum Gasteiger partial charge on any atom is -0.491 e. The van der Waals surface area contributed by atoms with Gasteiger partial charge in [0.25, 0.3) is 0 Å². The van der Waals surface area contributed by atoms with Gasteiger partial charge in [0.05, 0.1) is 19.3 Å². The first-order chi connectivity index (χ1) is 12.0. The number of amides is 2. The van der Waals surface area contributed by atoms with Crippen LogP contribution in [0, 0.1) is 0 Å². The maximum atomic E-state index is 12.0. The van der Waals surface area contributed by atoms with Crippen LogP contribution < -0.4 is 20.1 Å². The van der Waals surface area contributed by atoms with Gasteiger partial charge in [0.15, 0.2) is 0 Å². The molecule has 134 valence electrons. The fourth-order valence-electron chi connectivity index (χ4n) is 2.26. The molecule has 0 fully saturated rings. The Kier molecular flexibility index (Phi) is 6.62. The number of carbonyl (C=O) groups is 1. The lowest BCUT2D eigenvalue weighted by Crippen LogP contribution is -2.36. The summed E-state index contributed by atoms with van der Waals surface area (Å²) in [6.45, 7) is 6.31. The van der Waals surface area contributed by atoms with Crippen molar-refractivity contribution in [2.45, 2.75) is 39.5 Å². The lowest BCUT2D eigenvalue weighted by atomic mass is 10.1. The zero-order chi connectivity index (χ0) is 18.2. The second-order valence-electron chi connectivity index (χ2n) is 5.99. The van der Waals surface area contributed by atoms with E-state index in [2.05, 4.69) is 15.6 Å². The number of rotatable bonds is 7. The van der Waals surface area contributed by atoms with Crippen molar-refractivity contribution in [2.24, 2.45) is 0 Å². The van der Waals surface area contributed by atoms with Crippen molar-refractivity contribution in [3.05, 3.63) is 53.7 Å². The zero-order valence-corrected chi connectivity index (χ0v) is 15.1. The van der Waals surface area contributed by atoms with Gasteiger partial charge in [-0.2, -0.15) is 0 Å². The van der Waals surface area contributed by atoms with Gasteiger partial charge in [-0.1, -0.05) is 18.2 Å². The SMILES string of the molecule is COc1ccc(CNC(=O)NC(C)c2ccc(OC(C)C)cc2)cn1. The molecule has 0 saturated heterocycles. The molecule has 0 aliphatic heterocycles. The highest BCUT2D eigenvalue weighted by Crippen LogP contribution is 2.18. The number of carbonyl (C=O) groups excluding carboxylic acids is 1. The largest absolute Gasteiger partial charge is 0.491 e. The first-order valence-electron chi connectivity index (χ1n) is 8.28. The Hall–Kier alpha value is -2.76. The van der Waals surface area contributed by atoms with Gasteiger partial charge in [0, 0.05) is 18.8 Å². The van der Waals surface area contributed by atoms with E-state index in [-0.39, 0.29) is 18.2 Å². The van der Waals surface area contributed by atoms with Gasteiger partial charge in [-0.25, -0.2) is 9.78 Å². The van der Waals surface area contributed by atoms with Crippen molar-refractivity contribution >= 4 is 6.03 Å². The molecule has 1 aromatic heterocycles. The Labute approximate surface area is 148 Å². The normalized spacial score (nSPS) is 11.7. The van der Waals surface area contributed by atoms with Crippen LogP contribution in [0.4, 0.5) is 4.79 Å². The lowest BCUT2D eigenvalue weighted by Gasteiger charge is -2.16. The topological polar surface area (TPSA) is 72.5 Å². The second-order valence-corrected chi connectivity index (χ2v) is 5.99. The molecule has 0 spiro atoms. The molecule has 1 aromatic carbocycles. The van der Waals surface area contributed by atoms with Gasteiger partial charge >= 0.3 is 6.03 Å². The third-order valence-corrected chi connectivity index (χ3v) is 3.56. The molecule has 2 rings (SSSR count). The predicted molar refractivity (Wildman–Crippen MR) is 96.8 cm³/mol. The average molecular weight is 343 g/mol. The number of methoxy groups -OCH3 is 1. The fraction of sp³-hybridized carbons (Fsp3) is 0.368. The van der Waals surface area contributed by atoms with E-state index in [4.69, 9.17) is 9.47 Å². The van der Waals surface area contributed by atoms with Crippen LogP contribution in [0.1, 0.15) is 37.9 Å². The fourth-order valence-corrected chi connectivity index (χ4v) is 2.26. The smallest absolute Gasteiger partial charge is 0.315 e. The van der Waals surface area contributed by atoms with Crippen LogP contribution in [0.5, 0.6) is 11.6 Å². The minimum atomic E-state index is -0.231. The summed E-state index contributed by atoms with van der Waals surface area (Å²) in [5, 5.41) is 5.73. The van der Waals surface area contributed by atoms with Crippen LogP contribution in [0.3, 0.4) is 0 Å². The molecule has 2 aromatic rings. The van der Waals surface area contributed by atoms with E-state index in [9.17, 15) is 4.79 Å². The van der Waals surface area contributed by atoms with Gasteiger partial charge in [-0.05, 0) is 44.0 Å². The number of pyridine rings is 1. The number of nitrogens with one attached hydrogen (secondary N) is 2. The summed E-state index contributed by atoms with van der Waals surface area (Å²) in [5.74, 6) is 1.37. The number of nitrogens with zero attached hydrogens (tertiary/aromatic N) is 1. The Morgan fingerprint density at radius 1 is 1.12 bits per heavy atom. The summed E-state index contributed by atoms with van der Waals surface area (Å²) in [5.41, 5.74) is 1.91. The summed E-state index contributed by atoms with van der Waals surface area (Å²) < 4.78 is 10.6. The van der Waals surface area contributed by atoms with Crippen LogP contribution in [0.2, 0.25) is 0 Å². The van der Waals surface area contributed by atoms with E-state index in [0.717, 1.165) is 16.9 Å². The average Bonchev–Trinajstić information content (AvgIpc) is 2.60. The maximum absolute atomic E-state index is 12.0. The van der Waals surface area contributed by atoms with Crippen molar-refractivity contribution in [1.29, 1.82) is 0 Å². The van der Waals surface area contributed by atoms with Crippen LogP contribution >= 0.6 is 0 Å². The maximum Gasteiger partial charge on any atom is 0.315 e. The molecule has 2 N–H and O–H groups in total. The third kappa shape index (κ3) is 5.99. The molecular formula is C19H25N3O3. The molecule has 0 bridgehead atoms. The predicted octanol–water partition coefficient (Wildman–Crippen LogP) is 3.44. The molecule has 0 aliphatic carbocycles. The van der Waals surface area contributed by atoms with E-state index in [0.29, 0.717) is 12.4 Å². The second kappa shape index (κ2) is 8.92. The quantitative estimate of drug-likeness (QED) is 0.808. The Morgan fingerprint density at radius 2 is 1.84 bits per heavy atom. The zero-order valence-electron chi connectivity index (χ0n) is 15.1. The van der Waals surface area contributed by atoms with Crippen molar-refractivity contribution in [3.63, 3.8) is 0 Å². The molecule has 1 heterocycles. The van der Waals surface area contributed by atoms with E-state index in [1.54, 1.807) is 19.4 Å². The summed E-state index contributed by atoms with van der Waals surface area (Å²) in [6, 6.07) is 11.0. The van der Waals surface area contributed by atoms with Crippen LogP contribution in [-0.4, -0.2) is 24.2 Å². The molecular weight excluding hydrogens is 318 g/mol. The van der Waals surface area contributed by atoms with E-state index < -0.39 is 0 Å². The summed E-state index contributed by atoms with van der Waals surface area (Å²) in [4.78, 5) is 16.2. The van der Waals surface area contributed by atoms with Gasteiger partial charge in [0.1, 0.15) is 5.75 Å². The highest BCUT2D eigenvalue weighted by molar-refractivity contribution is 5.74.